The number of nitro benzene ring substituents is 1. The summed E-state index contributed by atoms with van der Waals surface area (Å²) >= 11 is 0. The van der Waals surface area contributed by atoms with Gasteiger partial charge >= 0.3 is 0 Å². The maximum Gasteiger partial charge on any atom is 0.289 e. The van der Waals surface area contributed by atoms with Gasteiger partial charge in [-0.2, -0.15) is 4.31 Å². The zero-order valence-corrected chi connectivity index (χ0v) is 18.2. The van der Waals surface area contributed by atoms with E-state index in [1.54, 1.807) is 0 Å². The van der Waals surface area contributed by atoms with Gasteiger partial charge in [0.25, 0.3) is 5.69 Å². The van der Waals surface area contributed by atoms with Gasteiger partial charge in [-0.25, -0.2) is 8.42 Å². The number of hydrogen-bond donors (Lipinski definition) is 0. The van der Waals surface area contributed by atoms with Crippen molar-refractivity contribution >= 4 is 15.7 Å². The molecule has 0 N–H and O–H groups in total. The highest BCUT2D eigenvalue weighted by Crippen LogP contribution is 2.28. The van der Waals surface area contributed by atoms with Crippen LogP contribution in [0.25, 0.3) is 0 Å². The molecule has 0 aliphatic heterocycles. The normalized spacial score (nSPS) is 12.6. The second kappa shape index (κ2) is 9.82. The Bertz CT molecular complexity index is 1130. The Morgan fingerprint density at radius 3 is 2.23 bits per heavy atom. The Morgan fingerprint density at radius 2 is 1.58 bits per heavy atom. The van der Waals surface area contributed by atoms with Gasteiger partial charge in [0.05, 0.1) is 17.6 Å². The molecule has 0 aliphatic rings. The van der Waals surface area contributed by atoms with Crippen LogP contribution in [-0.2, 0) is 21.4 Å². The predicted octanol–water partition coefficient (Wildman–Crippen LogP) is 4.48. The van der Waals surface area contributed by atoms with Crippen LogP contribution in [0.1, 0.15) is 22.8 Å². The van der Waals surface area contributed by atoms with E-state index >= 15 is 0 Å². The fourth-order valence-corrected chi connectivity index (χ4v) is 4.45. The van der Waals surface area contributed by atoms with E-state index < -0.39 is 26.7 Å². The van der Waals surface area contributed by atoms with Crippen LogP contribution in [-0.4, -0.2) is 31.2 Å². The molecule has 0 radical (unpaired) electrons. The number of benzene rings is 3. The topological polar surface area (TPSA) is 89.8 Å². The molecule has 0 aromatic heterocycles. The second-order valence-electron chi connectivity index (χ2n) is 7.21. The number of nitrogens with zero attached hydrogens (tertiary/aromatic N) is 2. The smallest absolute Gasteiger partial charge is 0.289 e. The molecule has 0 saturated carbocycles. The fourth-order valence-electron chi connectivity index (χ4n) is 3.13. The molecule has 0 heterocycles. The van der Waals surface area contributed by atoms with Crippen molar-refractivity contribution in [1.82, 2.24) is 4.31 Å². The van der Waals surface area contributed by atoms with Crippen molar-refractivity contribution < 1.29 is 18.1 Å². The zero-order chi connectivity index (χ0) is 22.4. The average Bonchev–Trinajstić information content (AvgIpc) is 2.78. The number of likely N-dealkylation sites (N-methyl/N-ethyl adjacent to an activating group) is 1. The van der Waals surface area contributed by atoms with E-state index in [-0.39, 0.29) is 11.4 Å². The van der Waals surface area contributed by atoms with Crippen LogP contribution in [0, 0.1) is 17.0 Å². The first-order chi connectivity index (χ1) is 14.8. The second-order valence-corrected chi connectivity index (χ2v) is 9.22. The third-order valence-corrected chi connectivity index (χ3v) is 6.79. The monoisotopic (exact) mass is 440 g/mol. The Kier molecular flexibility index (Phi) is 7.17. The SMILES string of the molecule is Cc1ccc(COC(CN(C)S(=O)(=O)c2ccccc2[N+](=O)[O-])c2ccccc2)cc1. The summed E-state index contributed by atoms with van der Waals surface area (Å²) in [6.07, 6.45) is -0.551. The molecule has 3 rings (SSSR count). The molecule has 1 atom stereocenters. The van der Waals surface area contributed by atoms with Gasteiger partial charge < -0.3 is 4.74 Å². The van der Waals surface area contributed by atoms with Gasteiger partial charge in [-0.05, 0) is 24.1 Å². The Morgan fingerprint density at radius 1 is 0.968 bits per heavy atom. The van der Waals surface area contributed by atoms with Gasteiger partial charge in [-0.3, -0.25) is 10.1 Å². The zero-order valence-electron chi connectivity index (χ0n) is 17.3. The maximum absolute atomic E-state index is 13.1. The highest BCUT2D eigenvalue weighted by molar-refractivity contribution is 7.89. The number of aryl methyl sites for hydroxylation is 1. The first kappa shape index (κ1) is 22.6. The predicted molar refractivity (Wildman–Crippen MR) is 118 cm³/mol. The summed E-state index contributed by atoms with van der Waals surface area (Å²) in [5, 5.41) is 11.3. The number of nitro groups is 1. The molecule has 0 amide bonds. The first-order valence-electron chi connectivity index (χ1n) is 9.71. The molecular weight excluding hydrogens is 416 g/mol. The summed E-state index contributed by atoms with van der Waals surface area (Å²) in [5.74, 6) is 0. The van der Waals surface area contributed by atoms with E-state index in [0.29, 0.717) is 6.61 Å². The number of hydrogen-bond acceptors (Lipinski definition) is 5. The summed E-state index contributed by atoms with van der Waals surface area (Å²) in [5.41, 5.74) is 2.47. The summed E-state index contributed by atoms with van der Waals surface area (Å²) in [6.45, 7) is 2.31. The van der Waals surface area contributed by atoms with E-state index in [4.69, 9.17) is 4.74 Å². The van der Waals surface area contributed by atoms with Crippen molar-refractivity contribution in [3.05, 3.63) is 106 Å². The summed E-state index contributed by atoms with van der Waals surface area (Å²) in [7, 11) is -2.69. The van der Waals surface area contributed by atoms with Crippen molar-refractivity contribution in [3.63, 3.8) is 0 Å². The maximum atomic E-state index is 13.1. The Balaban J connectivity index is 1.85. The lowest BCUT2D eigenvalue weighted by Crippen LogP contribution is -2.32. The highest BCUT2D eigenvalue weighted by atomic mass is 32.2. The van der Waals surface area contributed by atoms with Crippen LogP contribution in [0.4, 0.5) is 5.69 Å². The van der Waals surface area contributed by atoms with E-state index in [1.165, 1.54) is 31.3 Å². The van der Waals surface area contributed by atoms with Crippen molar-refractivity contribution in [2.75, 3.05) is 13.6 Å². The van der Waals surface area contributed by atoms with Gasteiger partial charge in [0.15, 0.2) is 4.90 Å². The van der Waals surface area contributed by atoms with E-state index in [1.807, 2.05) is 61.5 Å². The fraction of sp³-hybridized carbons (Fsp3) is 0.217. The Hall–Kier alpha value is -3.07. The van der Waals surface area contributed by atoms with Gasteiger partial charge in [-0.15, -0.1) is 0 Å². The van der Waals surface area contributed by atoms with Crippen LogP contribution in [0.3, 0.4) is 0 Å². The van der Waals surface area contributed by atoms with Gasteiger partial charge in [0, 0.05) is 19.7 Å². The van der Waals surface area contributed by atoms with E-state index in [2.05, 4.69) is 0 Å². The first-order valence-corrected chi connectivity index (χ1v) is 11.1. The Labute approximate surface area is 182 Å². The van der Waals surface area contributed by atoms with E-state index in [9.17, 15) is 18.5 Å². The molecule has 31 heavy (non-hydrogen) atoms. The van der Waals surface area contributed by atoms with Gasteiger partial charge in [-0.1, -0.05) is 72.3 Å². The third-order valence-electron chi connectivity index (χ3n) is 4.92. The lowest BCUT2D eigenvalue weighted by molar-refractivity contribution is -0.387. The lowest BCUT2D eigenvalue weighted by atomic mass is 10.1. The molecule has 8 heteroatoms. The lowest BCUT2D eigenvalue weighted by Gasteiger charge is -2.24. The molecular formula is C23H24N2O5S. The minimum absolute atomic E-state index is 0.00422. The molecule has 0 fully saturated rings. The number of ether oxygens (including phenoxy) is 1. The number of para-hydroxylation sites is 1. The minimum Gasteiger partial charge on any atom is -0.367 e. The van der Waals surface area contributed by atoms with Gasteiger partial charge in [0.2, 0.25) is 10.0 Å². The molecule has 7 nitrogen and oxygen atoms in total. The number of rotatable bonds is 9. The summed E-state index contributed by atoms with van der Waals surface area (Å²) in [6, 6.07) is 22.6. The standard InChI is InChI=1S/C23H24N2O5S/c1-18-12-14-19(15-13-18)17-30-22(20-8-4-3-5-9-20)16-24(2)31(28,29)23-11-7-6-10-21(23)25(26)27/h3-15,22H,16-17H2,1-2H3. The van der Waals surface area contributed by atoms with E-state index in [0.717, 1.165) is 21.0 Å². The molecule has 0 saturated heterocycles. The van der Waals surface area contributed by atoms with Crippen molar-refractivity contribution in [1.29, 1.82) is 0 Å². The molecule has 3 aromatic rings. The largest absolute Gasteiger partial charge is 0.367 e. The summed E-state index contributed by atoms with van der Waals surface area (Å²) < 4.78 is 33.4. The van der Waals surface area contributed by atoms with Gasteiger partial charge in [0.1, 0.15) is 0 Å². The average molecular weight is 441 g/mol. The molecule has 0 bridgehead atoms. The third kappa shape index (κ3) is 5.55. The molecule has 0 spiro atoms. The quantitative estimate of drug-likeness (QED) is 0.361. The van der Waals surface area contributed by atoms with Crippen LogP contribution in [0.15, 0.2) is 83.8 Å². The molecule has 3 aromatic carbocycles. The van der Waals surface area contributed by atoms with Crippen molar-refractivity contribution in [2.45, 2.75) is 24.5 Å². The molecule has 162 valence electrons. The van der Waals surface area contributed by atoms with Crippen LogP contribution in [0.2, 0.25) is 0 Å². The van der Waals surface area contributed by atoms with Crippen LogP contribution >= 0.6 is 0 Å². The van der Waals surface area contributed by atoms with Crippen molar-refractivity contribution in [2.24, 2.45) is 0 Å². The molecule has 1 unspecified atom stereocenters. The highest BCUT2D eigenvalue weighted by Gasteiger charge is 2.31. The minimum atomic E-state index is -4.09. The summed E-state index contributed by atoms with van der Waals surface area (Å²) in [4.78, 5) is 10.3. The van der Waals surface area contributed by atoms with Crippen LogP contribution < -0.4 is 0 Å². The number of sulfonamides is 1. The van der Waals surface area contributed by atoms with Crippen molar-refractivity contribution in [3.8, 4) is 0 Å². The van der Waals surface area contributed by atoms with Crippen LogP contribution in [0.5, 0.6) is 0 Å². The molecule has 0 aliphatic carbocycles.